The van der Waals surface area contributed by atoms with E-state index in [4.69, 9.17) is 16.6 Å². The molecule has 1 aromatic carbocycles. The monoisotopic (exact) mass is 394 g/mol. The van der Waals surface area contributed by atoms with Crippen molar-refractivity contribution in [1.82, 2.24) is 4.90 Å². The largest absolute Gasteiger partial charge is 0.365 e. The summed E-state index contributed by atoms with van der Waals surface area (Å²) in [6.07, 6.45) is 13.4. The predicted octanol–water partition coefficient (Wildman–Crippen LogP) is 5.83. The number of rotatable bonds is 2. The third-order valence-electron chi connectivity index (χ3n) is 5.14. The van der Waals surface area contributed by atoms with Gasteiger partial charge in [0.1, 0.15) is 5.83 Å². The van der Waals surface area contributed by atoms with Crippen LogP contribution in [0.15, 0.2) is 104 Å². The Morgan fingerprint density at radius 1 is 1.11 bits per heavy atom. The van der Waals surface area contributed by atoms with Crippen LogP contribution >= 0.6 is 23.4 Å². The molecule has 0 spiro atoms. The molecule has 0 amide bonds. The van der Waals surface area contributed by atoms with E-state index in [1.807, 2.05) is 36.4 Å². The van der Waals surface area contributed by atoms with Crippen LogP contribution < -0.4 is 0 Å². The van der Waals surface area contributed by atoms with Gasteiger partial charge in [0, 0.05) is 21.9 Å². The summed E-state index contributed by atoms with van der Waals surface area (Å²) in [5.74, 6) is -0.0720. The molecule has 4 aliphatic rings. The van der Waals surface area contributed by atoms with E-state index in [1.165, 1.54) is 5.70 Å². The van der Waals surface area contributed by atoms with Gasteiger partial charge in [0.25, 0.3) is 0 Å². The second kappa shape index (κ2) is 6.39. The maximum absolute atomic E-state index is 14.1. The lowest BCUT2D eigenvalue weighted by atomic mass is 9.89. The molecule has 0 N–H and O–H groups in total. The molecule has 0 aromatic heterocycles. The van der Waals surface area contributed by atoms with Crippen molar-refractivity contribution in [1.29, 1.82) is 0 Å². The Bertz CT molecular complexity index is 1040. The SMILES string of the molecule is CN1C2=C(N=C3C=CC=CC32)C(Sc2ccc(Cl)cc2)=C2C=C(F)C=CC21. The van der Waals surface area contributed by atoms with Crippen molar-refractivity contribution in [2.75, 3.05) is 7.05 Å². The summed E-state index contributed by atoms with van der Waals surface area (Å²) in [5, 5.41) is 0.701. The fourth-order valence-corrected chi connectivity index (χ4v) is 5.06. The van der Waals surface area contributed by atoms with Gasteiger partial charge >= 0.3 is 0 Å². The summed E-state index contributed by atoms with van der Waals surface area (Å²) >= 11 is 7.65. The van der Waals surface area contributed by atoms with E-state index in [0.29, 0.717) is 5.02 Å². The zero-order chi connectivity index (χ0) is 18.5. The van der Waals surface area contributed by atoms with Gasteiger partial charge in [0.05, 0.1) is 29.1 Å². The third kappa shape index (κ3) is 2.75. The first-order valence-corrected chi connectivity index (χ1v) is 9.95. The van der Waals surface area contributed by atoms with Gasteiger partial charge < -0.3 is 4.90 Å². The average molecular weight is 395 g/mol. The van der Waals surface area contributed by atoms with Crippen LogP contribution in [-0.4, -0.2) is 23.7 Å². The van der Waals surface area contributed by atoms with Gasteiger partial charge in [0.15, 0.2) is 0 Å². The standard InChI is InChI=1S/C22H16ClFN2S/c1-26-19-11-8-14(24)12-17(19)22(27-15-9-6-13(23)7-10-15)20-21(26)16-4-2-3-5-18(16)25-20/h2-12,16,19H,1H3. The predicted molar refractivity (Wildman–Crippen MR) is 110 cm³/mol. The van der Waals surface area contributed by atoms with Crippen LogP contribution in [0.5, 0.6) is 0 Å². The van der Waals surface area contributed by atoms with E-state index in [9.17, 15) is 4.39 Å². The maximum Gasteiger partial charge on any atom is 0.123 e. The Morgan fingerprint density at radius 2 is 1.93 bits per heavy atom. The topological polar surface area (TPSA) is 15.6 Å². The molecule has 27 heavy (non-hydrogen) atoms. The molecule has 0 bridgehead atoms. The minimum absolute atomic E-state index is 0.00639. The Labute approximate surface area is 166 Å². The number of nitrogens with zero attached hydrogens (tertiary/aromatic N) is 2. The molecule has 134 valence electrons. The highest BCUT2D eigenvalue weighted by atomic mass is 35.5. The van der Waals surface area contributed by atoms with Gasteiger partial charge in [-0.1, -0.05) is 47.7 Å². The molecule has 0 saturated heterocycles. The number of fused-ring (bicyclic) bond motifs is 3. The molecular formula is C22H16ClFN2S. The van der Waals surface area contributed by atoms with E-state index >= 15 is 0 Å². The summed E-state index contributed by atoms with van der Waals surface area (Å²) < 4.78 is 14.1. The average Bonchev–Trinajstić information content (AvgIpc) is 3.06. The molecule has 2 aliphatic heterocycles. The van der Waals surface area contributed by atoms with E-state index < -0.39 is 0 Å². The third-order valence-corrected chi connectivity index (χ3v) is 6.53. The van der Waals surface area contributed by atoms with Gasteiger partial charge in [-0.2, -0.15) is 0 Å². The Balaban J connectivity index is 1.67. The fourth-order valence-electron chi connectivity index (χ4n) is 3.88. The fraction of sp³-hybridized carbons (Fsp3) is 0.136. The number of benzene rings is 1. The van der Waals surface area contributed by atoms with Gasteiger partial charge in [-0.25, -0.2) is 9.38 Å². The highest BCUT2D eigenvalue weighted by Gasteiger charge is 2.40. The van der Waals surface area contributed by atoms with Crippen molar-refractivity contribution in [3.63, 3.8) is 0 Å². The molecule has 2 atom stereocenters. The second-order valence-corrected chi connectivity index (χ2v) is 8.30. The summed E-state index contributed by atoms with van der Waals surface area (Å²) in [4.78, 5) is 9.22. The molecule has 0 fully saturated rings. The zero-order valence-electron chi connectivity index (χ0n) is 14.6. The summed E-state index contributed by atoms with van der Waals surface area (Å²) in [5.41, 5.74) is 4.11. The number of hydrogen-bond donors (Lipinski definition) is 0. The van der Waals surface area contributed by atoms with Crippen LogP contribution in [0.25, 0.3) is 0 Å². The van der Waals surface area contributed by atoms with Gasteiger partial charge in [-0.3, -0.25) is 0 Å². The number of allylic oxidation sites excluding steroid dienone is 6. The smallest absolute Gasteiger partial charge is 0.123 e. The van der Waals surface area contributed by atoms with Gasteiger partial charge in [-0.05, 0) is 48.1 Å². The molecule has 2 heterocycles. The highest BCUT2D eigenvalue weighted by molar-refractivity contribution is 8.03. The van der Waals surface area contributed by atoms with Crippen LogP contribution in [0.1, 0.15) is 0 Å². The second-order valence-electron chi connectivity index (χ2n) is 6.78. The number of likely N-dealkylation sites (N-methyl/N-ethyl adjacent to an activating group) is 1. The van der Waals surface area contributed by atoms with Crippen LogP contribution in [0.4, 0.5) is 4.39 Å². The van der Waals surface area contributed by atoms with E-state index in [2.05, 4.69) is 30.2 Å². The summed E-state index contributed by atoms with van der Waals surface area (Å²) in [6, 6.07) is 7.73. The van der Waals surface area contributed by atoms with Crippen molar-refractivity contribution in [3.8, 4) is 0 Å². The highest BCUT2D eigenvalue weighted by Crippen LogP contribution is 2.49. The molecule has 0 saturated carbocycles. The van der Waals surface area contributed by atoms with Crippen LogP contribution in [0, 0.1) is 5.92 Å². The minimum Gasteiger partial charge on any atom is -0.365 e. The maximum atomic E-state index is 14.1. The first-order chi connectivity index (χ1) is 13.1. The summed E-state index contributed by atoms with van der Waals surface area (Å²) in [6.45, 7) is 0. The molecule has 2 nitrogen and oxygen atoms in total. The minimum atomic E-state index is -0.226. The molecule has 5 rings (SSSR count). The molecule has 2 aliphatic carbocycles. The van der Waals surface area contributed by atoms with Crippen LogP contribution in [-0.2, 0) is 0 Å². The Morgan fingerprint density at radius 3 is 2.74 bits per heavy atom. The number of hydrogen-bond acceptors (Lipinski definition) is 3. The molecule has 5 heteroatoms. The molecule has 0 radical (unpaired) electrons. The van der Waals surface area contributed by atoms with Gasteiger partial charge in [-0.15, -0.1) is 0 Å². The van der Waals surface area contributed by atoms with Crippen molar-refractivity contribution >= 4 is 29.1 Å². The first-order valence-electron chi connectivity index (χ1n) is 8.75. The molecule has 2 unspecified atom stereocenters. The van der Waals surface area contributed by atoms with E-state index in [0.717, 1.165) is 26.8 Å². The number of thioether (sulfide) groups is 1. The number of halogens is 2. The van der Waals surface area contributed by atoms with Crippen molar-refractivity contribution in [2.24, 2.45) is 10.9 Å². The summed E-state index contributed by atoms with van der Waals surface area (Å²) in [7, 11) is 2.07. The lowest BCUT2D eigenvalue weighted by molar-refractivity contribution is 0.362. The Hall–Kier alpha value is -2.30. The van der Waals surface area contributed by atoms with Crippen molar-refractivity contribution in [2.45, 2.75) is 10.9 Å². The van der Waals surface area contributed by atoms with Gasteiger partial charge in [0.2, 0.25) is 0 Å². The zero-order valence-corrected chi connectivity index (χ0v) is 16.1. The normalized spacial score (nSPS) is 25.4. The van der Waals surface area contributed by atoms with Crippen LogP contribution in [0.3, 0.4) is 0 Å². The molecular weight excluding hydrogens is 379 g/mol. The quantitative estimate of drug-likeness (QED) is 0.627. The van der Waals surface area contributed by atoms with E-state index in [1.54, 1.807) is 23.9 Å². The van der Waals surface area contributed by atoms with Crippen LogP contribution in [0.2, 0.25) is 5.02 Å². The van der Waals surface area contributed by atoms with E-state index in [-0.39, 0.29) is 17.8 Å². The lowest BCUT2D eigenvalue weighted by Crippen LogP contribution is -2.38. The number of aliphatic imine (C=N–C) groups is 1. The molecule has 1 aromatic rings. The Kier molecular flexibility index (Phi) is 3.99. The first kappa shape index (κ1) is 16.8. The van der Waals surface area contributed by atoms with Crippen molar-refractivity contribution in [3.05, 3.63) is 99.5 Å². The lowest BCUT2D eigenvalue weighted by Gasteiger charge is -2.38. The van der Waals surface area contributed by atoms with Crippen molar-refractivity contribution < 1.29 is 4.39 Å².